The van der Waals surface area contributed by atoms with Crippen LogP contribution in [0, 0.1) is 13.8 Å². The number of aromatic nitrogens is 4. The predicted octanol–water partition coefficient (Wildman–Crippen LogP) is 6.41. The van der Waals surface area contributed by atoms with Crippen molar-refractivity contribution in [3.63, 3.8) is 0 Å². The molecule has 3 aromatic carbocycles. The van der Waals surface area contributed by atoms with Gasteiger partial charge in [-0.25, -0.2) is 14.6 Å². The lowest BCUT2D eigenvalue weighted by molar-refractivity contribution is 0.811. The molecular weight excluding hydrogens is 380 g/mol. The summed E-state index contributed by atoms with van der Waals surface area (Å²) in [6.07, 6.45) is 0. The van der Waals surface area contributed by atoms with Gasteiger partial charge in [-0.2, -0.15) is 5.10 Å². The fourth-order valence-corrected chi connectivity index (χ4v) is 4.33. The van der Waals surface area contributed by atoms with Crippen LogP contribution >= 0.6 is 0 Å². The topological polar surface area (TPSA) is 43.6 Å². The highest BCUT2D eigenvalue weighted by molar-refractivity contribution is 6.04. The lowest BCUT2D eigenvalue weighted by Gasteiger charge is -2.10. The van der Waals surface area contributed by atoms with Gasteiger partial charge in [0, 0.05) is 22.0 Å². The van der Waals surface area contributed by atoms with E-state index in [2.05, 4.69) is 84.0 Å². The summed E-state index contributed by atoms with van der Waals surface area (Å²) >= 11 is 0. The van der Waals surface area contributed by atoms with Crippen molar-refractivity contribution in [2.75, 3.05) is 0 Å². The Morgan fingerprint density at radius 3 is 2.16 bits per heavy atom. The molecule has 0 unspecified atom stereocenters. The zero-order chi connectivity index (χ0) is 20.9. The van der Waals surface area contributed by atoms with Gasteiger partial charge in [0.1, 0.15) is 0 Å². The van der Waals surface area contributed by atoms with Gasteiger partial charge in [0.15, 0.2) is 5.82 Å². The van der Waals surface area contributed by atoms with Crippen LogP contribution in [0.3, 0.4) is 0 Å². The summed E-state index contributed by atoms with van der Waals surface area (Å²) in [4.78, 5) is 10.1. The highest BCUT2D eigenvalue weighted by atomic mass is 15.3. The zero-order valence-electron chi connectivity index (χ0n) is 17.4. The molecule has 0 aliphatic rings. The van der Waals surface area contributed by atoms with E-state index in [1.807, 2.05) is 24.6 Å². The molecule has 148 valence electrons. The van der Waals surface area contributed by atoms with Crippen LogP contribution < -0.4 is 0 Å². The van der Waals surface area contributed by atoms with Gasteiger partial charge in [0.25, 0.3) is 0 Å². The minimum atomic E-state index is 0.808. The second-order valence-electron chi connectivity index (χ2n) is 7.94. The molecule has 0 N–H and O–H groups in total. The second kappa shape index (κ2) is 6.74. The molecule has 0 aliphatic heterocycles. The monoisotopic (exact) mass is 400 g/mol. The molecular formula is C27H20N4. The van der Waals surface area contributed by atoms with Crippen molar-refractivity contribution in [1.29, 1.82) is 0 Å². The molecule has 0 fully saturated rings. The molecule has 6 aromatic rings. The quantitative estimate of drug-likeness (QED) is 0.316. The van der Waals surface area contributed by atoms with Crippen molar-refractivity contribution in [1.82, 2.24) is 19.7 Å². The minimum Gasteiger partial charge on any atom is -0.245 e. The summed E-state index contributed by atoms with van der Waals surface area (Å²) in [5.41, 5.74) is 5.93. The molecule has 0 saturated heterocycles. The van der Waals surface area contributed by atoms with E-state index in [-0.39, 0.29) is 0 Å². The van der Waals surface area contributed by atoms with Crippen LogP contribution in [0.25, 0.3) is 49.7 Å². The molecule has 0 radical (unpaired) electrons. The standard InChI is InChI=1S/C27H20N4/c1-17-16-18(2)31(30-17)25-15-13-21-11-10-20-12-14-24(28-26(20)27(21)29-25)23-9-5-7-19-6-3-4-8-22(19)23/h3-16H,1-2H3. The Bertz CT molecular complexity index is 1610. The van der Waals surface area contributed by atoms with E-state index < -0.39 is 0 Å². The minimum absolute atomic E-state index is 0.808. The van der Waals surface area contributed by atoms with Crippen molar-refractivity contribution in [3.8, 4) is 17.1 Å². The number of nitrogens with zero attached hydrogens (tertiary/aromatic N) is 4. The molecule has 3 aromatic heterocycles. The number of pyridine rings is 2. The first-order chi connectivity index (χ1) is 15.2. The largest absolute Gasteiger partial charge is 0.245 e. The second-order valence-corrected chi connectivity index (χ2v) is 7.94. The molecule has 0 saturated carbocycles. The summed E-state index contributed by atoms with van der Waals surface area (Å²) in [5.74, 6) is 0.808. The van der Waals surface area contributed by atoms with Gasteiger partial charge in [-0.3, -0.25) is 0 Å². The predicted molar refractivity (Wildman–Crippen MR) is 127 cm³/mol. The van der Waals surface area contributed by atoms with Gasteiger partial charge in [-0.05, 0) is 48.9 Å². The molecule has 0 atom stereocenters. The van der Waals surface area contributed by atoms with Gasteiger partial charge in [-0.1, -0.05) is 60.7 Å². The van der Waals surface area contributed by atoms with Crippen LogP contribution in [-0.4, -0.2) is 19.7 Å². The van der Waals surface area contributed by atoms with Crippen LogP contribution in [0.15, 0.2) is 84.9 Å². The molecule has 4 heteroatoms. The van der Waals surface area contributed by atoms with Crippen molar-refractivity contribution in [3.05, 3.63) is 96.3 Å². The molecule has 6 rings (SSSR count). The van der Waals surface area contributed by atoms with Gasteiger partial charge in [0.2, 0.25) is 0 Å². The summed E-state index contributed by atoms with van der Waals surface area (Å²) in [6.45, 7) is 4.05. The molecule has 31 heavy (non-hydrogen) atoms. The lowest BCUT2D eigenvalue weighted by Crippen LogP contribution is -2.02. The fourth-order valence-electron chi connectivity index (χ4n) is 4.33. The Labute approximate surface area is 179 Å². The third kappa shape index (κ3) is 2.88. The number of aryl methyl sites for hydroxylation is 2. The first-order valence-corrected chi connectivity index (χ1v) is 10.4. The Balaban J connectivity index is 1.61. The third-order valence-corrected chi connectivity index (χ3v) is 5.80. The summed E-state index contributed by atoms with van der Waals surface area (Å²) < 4.78 is 1.89. The van der Waals surface area contributed by atoms with Crippen LogP contribution in [0.2, 0.25) is 0 Å². The lowest BCUT2D eigenvalue weighted by atomic mass is 10.0. The maximum Gasteiger partial charge on any atom is 0.154 e. The van der Waals surface area contributed by atoms with E-state index in [0.29, 0.717) is 0 Å². The van der Waals surface area contributed by atoms with E-state index in [1.165, 1.54) is 10.8 Å². The SMILES string of the molecule is Cc1cc(C)n(-c2ccc3ccc4ccc(-c5cccc6ccccc56)nc4c3n2)n1. The molecule has 4 nitrogen and oxygen atoms in total. The number of hydrogen-bond donors (Lipinski definition) is 0. The van der Waals surface area contributed by atoms with E-state index in [1.54, 1.807) is 0 Å². The van der Waals surface area contributed by atoms with Crippen LogP contribution in [0.1, 0.15) is 11.4 Å². The average Bonchev–Trinajstić information content (AvgIpc) is 3.15. The zero-order valence-corrected chi connectivity index (χ0v) is 17.4. The van der Waals surface area contributed by atoms with Crippen LogP contribution in [-0.2, 0) is 0 Å². The molecule has 0 aliphatic carbocycles. The first-order valence-electron chi connectivity index (χ1n) is 10.4. The maximum absolute atomic E-state index is 5.09. The normalized spacial score (nSPS) is 11.5. The first kappa shape index (κ1) is 17.8. The summed E-state index contributed by atoms with van der Waals surface area (Å²) in [7, 11) is 0. The summed E-state index contributed by atoms with van der Waals surface area (Å²) in [6, 6.07) is 29.4. The van der Waals surface area contributed by atoms with Crippen molar-refractivity contribution in [2.45, 2.75) is 13.8 Å². The molecule has 0 amide bonds. The Morgan fingerprint density at radius 2 is 1.35 bits per heavy atom. The number of benzene rings is 3. The fraction of sp³-hybridized carbons (Fsp3) is 0.0741. The Morgan fingerprint density at radius 1 is 0.645 bits per heavy atom. The van der Waals surface area contributed by atoms with Gasteiger partial charge in [-0.15, -0.1) is 0 Å². The van der Waals surface area contributed by atoms with Crippen LogP contribution in [0.5, 0.6) is 0 Å². The summed E-state index contributed by atoms with van der Waals surface area (Å²) in [5, 5.41) is 9.16. The smallest absolute Gasteiger partial charge is 0.154 e. The van der Waals surface area contributed by atoms with Crippen molar-refractivity contribution in [2.24, 2.45) is 0 Å². The van der Waals surface area contributed by atoms with Gasteiger partial charge < -0.3 is 0 Å². The number of fused-ring (bicyclic) bond motifs is 4. The Kier molecular flexibility index (Phi) is 3.87. The van der Waals surface area contributed by atoms with E-state index in [9.17, 15) is 0 Å². The molecule has 0 bridgehead atoms. The van der Waals surface area contributed by atoms with E-state index >= 15 is 0 Å². The van der Waals surface area contributed by atoms with Gasteiger partial charge >= 0.3 is 0 Å². The molecule has 0 spiro atoms. The van der Waals surface area contributed by atoms with Crippen molar-refractivity contribution >= 4 is 32.6 Å². The van der Waals surface area contributed by atoms with Gasteiger partial charge in [0.05, 0.1) is 22.4 Å². The van der Waals surface area contributed by atoms with Crippen LogP contribution in [0.4, 0.5) is 0 Å². The van der Waals surface area contributed by atoms with E-state index in [0.717, 1.165) is 50.3 Å². The maximum atomic E-state index is 5.09. The van der Waals surface area contributed by atoms with Crippen molar-refractivity contribution < 1.29 is 0 Å². The number of hydrogen-bond acceptors (Lipinski definition) is 3. The highest BCUT2D eigenvalue weighted by Crippen LogP contribution is 2.31. The van der Waals surface area contributed by atoms with E-state index in [4.69, 9.17) is 9.97 Å². The Hall–Kier alpha value is -4.05. The highest BCUT2D eigenvalue weighted by Gasteiger charge is 2.11. The third-order valence-electron chi connectivity index (χ3n) is 5.80. The molecule has 3 heterocycles. The average molecular weight is 400 g/mol. The number of rotatable bonds is 2.